The van der Waals surface area contributed by atoms with Crippen LogP contribution in [0.2, 0.25) is 0 Å². The number of hydrogen-bond donors (Lipinski definition) is 1. The number of benzene rings is 2. The third kappa shape index (κ3) is 4.25. The van der Waals surface area contributed by atoms with Crippen molar-refractivity contribution in [2.45, 2.75) is 69.9 Å². The van der Waals surface area contributed by atoms with E-state index in [-0.39, 0.29) is 21.7 Å². The molecule has 0 atom stereocenters. The number of rotatable bonds is 4. The van der Waals surface area contributed by atoms with Gasteiger partial charge in [0.25, 0.3) is 5.91 Å². The van der Waals surface area contributed by atoms with Crippen molar-refractivity contribution in [2.24, 2.45) is 5.92 Å². The quantitative estimate of drug-likeness (QED) is 0.633. The maximum absolute atomic E-state index is 13.8. The van der Waals surface area contributed by atoms with Gasteiger partial charge in [0.2, 0.25) is 0 Å². The Balaban J connectivity index is 1.95. The topological polar surface area (TPSA) is 63.2 Å². The maximum Gasteiger partial charge on any atom is 0.255 e. The fraction of sp³-hybridized carbons (Fsp3) is 0.458. The van der Waals surface area contributed by atoms with Gasteiger partial charge in [0, 0.05) is 17.3 Å². The van der Waals surface area contributed by atoms with Gasteiger partial charge in [-0.15, -0.1) is 0 Å². The predicted molar refractivity (Wildman–Crippen MR) is 118 cm³/mol. The van der Waals surface area contributed by atoms with E-state index in [1.165, 1.54) is 19.1 Å². The summed E-state index contributed by atoms with van der Waals surface area (Å²) in [5.41, 5.74) is 1.41. The lowest BCUT2D eigenvalue weighted by Crippen LogP contribution is -2.39. The van der Waals surface area contributed by atoms with Gasteiger partial charge in [-0.1, -0.05) is 13.0 Å². The summed E-state index contributed by atoms with van der Waals surface area (Å²) in [6, 6.07) is 5.48. The molecule has 0 spiro atoms. The van der Waals surface area contributed by atoms with Gasteiger partial charge in [-0.25, -0.2) is 17.2 Å². The van der Waals surface area contributed by atoms with Crippen LogP contribution in [0.1, 0.15) is 66.6 Å². The van der Waals surface area contributed by atoms with Crippen molar-refractivity contribution >= 4 is 21.4 Å². The number of nitrogens with one attached hydrogen (secondary N) is 1. The molecule has 1 aliphatic carbocycles. The molecule has 1 aliphatic rings. The van der Waals surface area contributed by atoms with Gasteiger partial charge in [-0.3, -0.25) is 4.79 Å². The molecule has 0 radical (unpaired) electrons. The molecule has 0 aliphatic heterocycles. The van der Waals surface area contributed by atoms with E-state index in [4.69, 9.17) is 0 Å². The fourth-order valence-electron chi connectivity index (χ4n) is 4.11. The van der Waals surface area contributed by atoms with Crippen LogP contribution in [0.3, 0.4) is 0 Å². The van der Waals surface area contributed by atoms with Gasteiger partial charge in [-0.2, -0.15) is 0 Å². The summed E-state index contributed by atoms with van der Waals surface area (Å²) in [6.45, 7) is 8.65. The average Bonchev–Trinajstić information content (AvgIpc) is 2.72. The molecule has 31 heavy (non-hydrogen) atoms. The minimum absolute atomic E-state index is 0.113. The van der Waals surface area contributed by atoms with Crippen molar-refractivity contribution in [3.05, 3.63) is 58.2 Å². The van der Waals surface area contributed by atoms with Crippen LogP contribution >= 0.6 is 0 Å². The maximum atomic E-state index is 13.8. The first-order valence-corrected chi connectivity index (χ1v) is 12.0. The van der Waals surface area contributed by atoms with Gasteiger partial charge >= 0.3 is 0 Å². The molecule has 4 nitrogen and oxygen atoms in total. The van der Waals surface area contributed by atoms with E-state index in [2.05, 4.69) is 12.2 Å². The molecular weight excluding hydrogens is 420 g/mol. The third-order valence-electron chi connectivity index (χ3n) is 6.75. The van der Waals surface area contributed by atoms with Crippen LogP contribution in [-0.2, 0) is 9.84 Å². The molecule has 0 saturated heterocycles. The van der Waals surface area contributed by atoms with Crippen molar-refractivity contribution < 1.29 is 22.0 Å². The van der Waals surface area contributed by atoms with E-state index in [0.717, 1.165) is 18.9 Å². The molecule has 1 saturated carbocycles. The standard InChI is InChI=1S/C24H29F2NO3S/c1-14-8-10-24(5,11-9-14)31(29,30)21-12-18(7-6-15(21)2)23(28)27-20-13-19(25)22(26)17(4)16(20)3/h6-7,12-14H,8-11H2,1-5H3,(H,27,28). The number of carbonyl (C=O) groups excluding carboxylic acids is 1. The lowest BCUT2D eigenvalue weighted by atomic mass is 9.83. The van der Waals surface area contributed by atoms with Gasteiger partial charge in [0.05, 0.1) is 9.64 Å². The second kappa shape index (κ2) is 8.34. The van der Waals surface area contributed by atoms with Crippen LogP contribution in [0, 0.1) is 38.3 Å². The smallest absolute Gasteiger partial charge is 0.255 e. The molecular formula is C24H29F2NO3S. The number of sulfone groups is 1. The summed E-state index contributed by atoms with van der Waals surface area (Å²) in [6.07, 6.45) is 2.87. The van der Waals surface area contributed by atoms with Gasteiger partial charge in [0.15, 0.2) is 21.5 Å². The highest BCUT2D eigenvalue weighted by Crippen LogP contribution is 2.41. The summed E-state index contributed by atoms with van der Waals surface area (Å²) in [7, 11) is -3.66. The zero-order valence-corrected chi connectivity index (χ0v) is 19.4. The molecule has 0 unspecified atom stereocenters. The Kier molecular flexibility index (Phi) is 6.29. The highest BCUT2D eigenvalue weighted by molar-refractivity contribution is 7.92. The molecule has 2 aromatic carbocycles. The SMILES string of the molecule is Cc1ccc(C(=O)Nc2cc(F)c(F)c(C)c2C)cc1S(=O)(=O)C1(C)CCC(C)CC1. The Morgan fingerprint density at radius 2 is 1.68 bits per heavy atom. The average molecular weight is 450 g/mol. The molecule has 168 valence electrons. The molecule has 1 amide bonds. The van der Waals surface area contributed by atoms with Crippen LogP contribution < -0.4 is 5.32 Å². The van der Waals surface area contributed by atoms with Crippen LogP contribution in [0.5, 0.6) is 0 Å². The first-order valence-electron chi connectivity index (χ1n) is 10.5. The first kappa shape index (κ1) is 23.4. The molecule has 0 heterocycles. The second-order valence-electron chi connectivity index (χ2n) is 9.04. The highest BCUT2D eigenvalue weighted by Gasteiger charge is 2.43. The summed E-state index contributed by atoms with van der Waals surface area (Å²) < 4.78 is 53.7. The Hall–Kier alpha value is -2.28. The molecule has 1 N–H and O–H groups in total. The van der Waals surface area contributed by atoms with E-state index in [0.29, 0.717) is 29.9 Å². The normalized spacial score (nSPS) is 21.7. The minimum Gasteiger partial charge on any atom is -0.322 e. The molecule has 2 aromatic rings. The molecule has 0 bridgehead atoms. The summed E-state index contributed by atoms with van der Waals surface area (Å²) in [4.78, 5) is 13.0. The van der Waals surface area contributed by atoms with Crippen LogP contribution in [0.25, 0.3) is 0 Å². The number of anilines is 1. The van der Waals surface area contributed by atoms with Crippen molar-refractivity contribution in [3.63, 3.8) is 0 Å². The lowest BCUT2D eigenvalue weighted by Gasteiger charge is -2.36. The van der Waals surface area contributed by atoms with Crippen molar-refractivity contribution in [3.8, 4) is 0 Å². The van der Waals surface area contributed by atoms with Crippen molar-refractivity contribution in [2.75, 3.05) is 5.32 Å². The summed E-state index contributed by atoms with van der Waals surface area (Å²) in [5.74, 6) is -2.07. The third-order valence-corrected chi connectivity index (χ3v) is 9.47. The molecule has 1 fully saturated rings. The zero-order chi connectivity index (χ0) is 23.1. The minimum atomic E-state index is -3.66. The number of aryl methyl sites for hydroxylation is 1. The molecule has 3 rings (SSSR count). The van der Waals surface area contributed by atoms with Crippen LogP contribution in [0.4, 0.5) is 14.5 Å². The van der Waals surface area contributed by atoms with E-state index >= 15 is 0 Å². The lowest BCUT2D eigenvalue weighted by molar-refractivity contribution is 0.102. The number of amides is 1. The van der Waals surface area contributed by atoms with Crippen LogP contribution in [0.15, 0.2) is 29.2 Å². The number of carbonyl (C=O) groups is 1. The van der Waals surface area contributed by atoms with E-state index in [1.54, 1.807) is 26.8 Å². The monoisotopic (exact) mass is 449 g/mol. The summed E-state index contributed by atoms with van der Waals surface area (Å²) in [5, 5.41) is 2.59. The second-order valence-corrected chi connectivity index (χ2v) is 11.5. The molecule has 7 heteroatoms. The van der Waals surface area contributed by atoms with Crippen LogP contribution in [-0.4, -0.2) is 19.1 Å². The van der Waals surface area contributed by atoms with E-state index in [1.807, 2.05) is 0 Å². The highest BCUT2D eigenvalue weighted by atomic mass is 32.2. The number of hydrogen-bond acceptors (Lipinski definition) is 3. The Morgan fingerprint density at radius 1 is 1.06 bits per heavy atom. The zero-order valence-electron chi connectivity index (χ0n) is 18.6. The largest absolute Gasteiger partial charge is 0.322 e. The van der Waals surface area contributed by atoms with E-state index in [9.17, 15) is 22.0 Å². The first-order chi connectivity index (χ1) is 14.4. The van der Waals surface area contributed by atoms with Crippen molar-refractivity contribution in [1.82, 2.24) is 0 Å². The Bertz CT molecular complexity index is 1130. The summed E-state index contributed by atoms with van der Waals surface area (Å²) >= 11 is 0. The number of halogens is 2. The van der Waals surface area contributed by atoms with Gasteiger partial charge in [0.1, 0.15) is 0 Å². The predicted octanol–water partition coefficient (Wildman–Crippen LogP) is 5.88. The van der Waals surface area contributed by atoms with Gasteiger partial charge in [-0.05, 0) is 88.1 Å². The van der Waals surface area contributed by atoms with E-state index < -0.39 is 32.1 Å². The fourth-order valence-corrected chi connectivity index (χ4v) is 6.18. The Morgan fingerprint density at radius 3 is 2.29 bits per heavy atom. The van der Waals surface area contributed by atoms with Crippen molar-refractivity contribution in [1.29, 1.82) is 0 Å². The Labute approximate surface area is 183 Å². The van der Waals surface area contributed by atoms with Gasteiger partial charge < -0.3 is 5.32 Å². The molecule has 0 aromatic heterocycles.